The summed E-state index contributed by atoms with van der Waals surface area (Å²) in [6, 6.07) is 0. The number of allylic oxidation sites excluding steroid dienone is 2. The van der Waals surface area contributed by atoms with Crippen LogP contribution in [0.15, 0.2) is 5.57 Å². The van der Waals surface area contributed by atoms with Crippen LogP contribution in [0.4, 0.5) is 0 Å². The fraction of sp³-hybridized carbons (Fsp3) is 0.579. The maximum atomic E-state index is 2.57. The summed E-state index contributed by atoms with van der Waals surface area (Å²) in [6.45, 7) is 16.5. The van der Waals surface area contributed by atoms with Gasteiger partial charge in [-0.3, -0.25) is 0 Å². The number of fused-ring (bicyclic) bond motifs is 1. The molecular weight excluding hydrogens is 276 g/mol. The molecule has 1 unspecified atom stereocenters. The van der Waals surface area contributed by atoms with Gasteiger partial charge in [-0.15, -0.1) is 0 Å². The first kappa shape index (κ1) is 16.1. The molecule has 20 heavy (non-hydrogen) atoms. The number of benzene rings is 1. The monoisotopic (exact) mass is 306 g/mol. The van der Waals surface area contributed by atoms with E-state index in [-0.39, 0.29) is 0 Å². The van der Waals surface area contributed by atoms with E-state index in [1.165, 1.54) is 16.7 Å². The number of hydrogen-bond acceptors (Lipinski definition) is 0. The molecule has 0 spiro atoms. The first-order valence-corrected chi connectivity index (χ1v) is 13.2. The fourth-order valence-corrected chi connectivity index (χ4v) is 7.80. The molecular formula is C19H30Ti. The normalized spacial score (nSPS) is 22.5. The molecule has 0 N–H and O–H groups in total. The van der Waals surface area contributed by atoms with Crippen molar-refractivity contribution >= 4 is 5.57 Å². The molecule has 1 aliphatic rings. The second-order valence-corrected chi connectivity index (χ2v) is 16.5. The Bertz CT molecular complexity index is 626. The topological polar surface area (TPSA) is 0 Å². The Kier molecular flexibility index (Phi) is 3.68. The zero-order valence-corrected chi connectivity index (χ0v) is 16.6. The molecule has 0 fully saturated rings. The van der Waals surface area contributed by atoms with Crippen LogP contribution in [0.3, 0.4) is 0 Å². The van der Waals surface area contributed by atoms with Crippen molar-refractivity contribution in [2.45, 2.75) is 67.9 Å². The van der Waals surface area contributed by atoms with Gasteiger partial charge in [0, 0.05) is 0 Å². The SMILES string of the molecule is CC1=C(C)[C](C)([Ti]([CH3])([CH3])[CH3])c2c(C)c(C)c(C)c(C)c21. The Labute approximate surface area is 129 Å². The summed E-state index contributed by atoms with van der Waals surface area (Å²) >= 11 is -1.91. The molecule has 0 radical (unpaired) electrons. The molecule has 1 atom stereocenters. The zero-order chi connectivity index (χ0) is 15.6. The van der Waals surface area contributed by atoms with Crippen LogP contribution in [0.2, 0.25) is 15.7 Å². The van der Waals surface area contributed by atoms with Crippen LogP contribution in [0.25, 0.3) is 5.57 Å². The summed E-state index contributed by atoms with van der Waals surface area (Å²) in [4.78, 5) is 0. The van der Waals surface area contributed by atoms with Crippen molar-refractivity contribution in [2.75, 3.05) is 0 Å². The first-order chi connectivity index (χ1) is 8.96. The van der Waals surface area contributed by atoms with Crippen molar-refractivity contribution in [3.05, 3.63) is 39.0 Å². The van der Waals surface area contributed by atoms with Crippen LogP contribution in [0, 0.1) is 27.7 Å². The van der Waals surface area contributed by atoms with Gasteiger partial charge < -0.3 is 0 Å². The molecule has 0 saturated carbocycles. The Hall–Kier alpha value is -0.326. The fourth-order valence-electron chi connectivity index (χ4n) is 4.09. The standard InChI is InChI=1S/C16H21.3CH3.Ti/c1-8-9(2)12(5)16-14(7)10(3)13(6)15(16)11(8)4;;;;/h1-7H3;3*1H3;. The molecule has 0 aliphatic heterocycles. The van der Waals surface area contributed by atoms with E-state index < -0.39 is 16.6 Å². The average Bonchev–Trinajstić information content (AvgIpc) is 2.55. The maximum absolute atomic E-state index is 2.57. The quantitative estimate of drug-likeness (QED) is 0.539. The van der Waals surface area contributed by atoms with Crippen molar-refractivity contribution in [3.63, 3.8) is 0 Å². The predicted octanol–water partition coefficient (Wildman–Crippen LogP) is 6.24. The van der Waals surface area contributed by atoms with Crippen molar-refractivity contribution in [2.24, 2.45) is 0 Å². The molecule has 1 aromatic rings. The molecule has 110 valence electrons. The Morgan fingerprint density at radius 3 is 1.60 bits per heavy atom. The summed E-state index contributed by atoms with van der Waals surface area (Å²) in [5.41, 5.74) is 12.5. The Morgan fingerprint density at radius 2 is 1.15 bits per heavy atom. The summed E-state index contributed by atoms with van der Waals surface area (Å²) in [5.74, 6) is 0. The van der Waals surface area contributed by atoms with Gasteiger partial charge in [-0.05, 0) is 0 Å². The van der Waals surface area contributed by atoms with E-state index in [9.17, 15) is 0 Å². The van der Waals surface area contributed by atoms with E-state index in [0.717, 1.165) is 0 Å². The minimum absolute atomic E-state index is 0.326. The van der Waals surface area contributed by atoms with Gasteiger partial charge in [-0.1, -0.05) is 0 Å². The number of rotatable bonds is 1. The third-order valence-corrected chi connectivity index (χ3v) is 12.0. The van der Waals surface area contributed by atoms with E-state index in [4.69, 9.17) is 0 Å². The molecule has 0 bridgehead atoms. The van der Waals surface area contributed by atoms with Crippen LogP contribution >= 0.6 is 0 Å². The van der Waals surface area contributed by atoms with Gasteiger partial charge in [-0.25, -0.2) is 0 Å². The zero-order valence-electron chi connectivity index (χ0n) is 15.0. The first-order valence-electron chi connectivity index (χ1n) is 7.75. The predicted molar refractivity (Wildman–Crippen MR) is 88.6 cm³/mol. The minimum atomic E-state index is -1.91. The van der Waals surface area contributed by atoms with Crippen LogP contribution in [-0.2, 0) is 20.3 Å². The van der Waals surface area contributed by atoms with Crippen LogP contribution in [-0.4, -0.2) is 0 Å². The van der Waals surface area contributed by atoms with Crippen molar-refractivity contribution in [3.8, 4) is 0 Å². The third-order valence-electron chi connectivity index (χ3n) is 6.38. The van der Waals surface area contributed by atoms with Crippen LogP contribution < -0.4 is 0 Å². The molecule has 0 amide bonds. The van der Waals surface area contributed by atoms with Crippen LogP contribution in [0.1, 0.15) is 54.2 Å². The van der Waals surface area contributed by atoms with E-state index in [2.05, 4.69) is 64.2 Å². The van der Waals surface area contributed by atoms with Crippen LogP contribution in [0.5, 0.6) is 0 Å². The van der Waals surface area contributed by atoms with Gasteiger partial charge in [0.2, 0.25) is 0 Å². The molecule has 1 aliphatic carbocycles. The second kappa shape index (κ2) is 4.58. The number of hydrogen-bond donors (Lipinski definition) is 0. The summed E-state index contributed by atoms with van der Waals surface area (Å²) in [5, 5.41) is 7.70. The van der Waals surface area contributed by atoms with E-state index in [0.29, 0.717) is 3.72 Å². The second-order valence-electron chi connectivity index (χ2n) is 7.88. The molecule has 1 aromatic carbocycles. The van der Waals surface area contributed by atoms with Crippen molar-refractivity contribution < 1.29 is 16.6 Å². The molecule has 0 saturated heterocycles. The van der Waals surface area contributed by atoms with E-state index >= 15 is 0 Å². The van der Waals surface area contributed by atoms with Crippen molar-refractivity contribution in [1.82, 2.24) is 0 Å². The Balaban J connectivity index is 3.00. The molecule has 0 aromatic heterocycles. The Morgan fingerprint density at radius 1 is 0.700 bits per heavy atom. The third kappa shape index (κ3) is 1.77. The van der Waals surface area contributed by atoms with Gasteiger partial charge in [0.15, 0.2) is 0 Å². The van der Waals surface area contributed by atoms with Gasteiger partial charge in [0.1, 0.15) is 0 Å². The van der Waals surface area contributed by atoms with Gasteiger partial charge in [0.05, 0.1) is 0 Å². The summed E-state index contributed by atoms with van der Waals surface area (Å²) in [6.07, 6.45) is 0. The molecule has 2 rings (SSSR count). The van der Waals surface area contributed by atoms with E-state index in [1.54, 1.807) is 27.8 Å². The van der Waals surface area contributed by atoms with Gasteiger partial charge in [0.25, 0.3) is 0 Å². The van der Waals surface area contributed by atoms with Crippen molar-refractivity contribution in [1.29, 1.82) is 0 Å². The summed E-state index contributed by atoms with van der Waals surface area (Å²) < 4.78 is 0.326. The molecule has 0 heterocycles. The van der Waals surface area contributed by atoms with Gasteiger partial charge >= 0.3 is 129 Å². The van der Waals surface area contributed by atoms with E-state index in [1.807, 2.05) is 0 Å². The molecule has 1 heteroatoms. The summed E-state index contributed by atoms with van der Waals surface area (Å²) in [7, 11) is 0. The average molecular weight is 306 g/mol. The van der Waals surface area contributed by atoms with Gasteiger partial charge in [-0.2, -0.15) is 0 Å². The molecule has 0 nitrogen and oxygen atoms in total.